The van der Waals surface area contributed by atoms with Gasteiger partial charge < -0.3 is 15.5 Å². The van der Waals surface area contributed by atoms with Crippen LogP contribution in [0.25, 0.3) is 0 Å². The van der Waals surface area contributed by atoms with Gasteiger partial charge in [0.1, 0.15) is 6.04 Å². The number of aromatic nitrogens is 3. The maximum atomic E-state index is 14.0. The van der Waals surface area contributed by atoms with Gasteiger partial charge >= 0.3 is 0 Å². The van der Waals surface area contributed by atoms with Crippen molar-refractivity contribution >= 4 is 23.4 Å². The van der Waals surface area contributed by atoms with Crippen LogP contribution in [0.3, 0.4) is 0 Å². The van der Waals surface area contributed by atoms with Crippen molar-refractivity contribution in [2.75, 3.05) is 26.2 Å². The fourth-order valence-electron chi connectivity index (χ4n) is 6.99. The van der Waals surface area contributed by atoms with Gasteiger partial charge in [-0.2, -0.15) is 0 Å². The first-order valence-corrected chi connectivity index (χ1v) is 15.6. The molecule has 2 aromatic carbocycles. The Morgan fingerprint density at radius 2 is 1.74 bits per heavy atom. The third-order valence-corrected chi connectivity index (χ3v) is 9.59. The molecular formula is C32H40ClN7O2. The zero-order valence-corrected chi connectivity index (χ0v) is 24.8. The van der Waals surface area contributed by atoms with Gasteiger partial charge in [-0.1, -0.05) is 72.5 Å². The van der Waals surface area contributed by atoms with E-state index in [1.54, 1.807) is 6.20 Å². The van der Waals surface area contributed by atoms with E-state index in [9.17, 15) is 9.59 Å². The molecule has 0 bridgehead atoms. The maximum Gasteiger partial charge on any atom is 0.245 e. The largest absolute Gasteiger partial charge is 0.343 e. The van der Waals surface area contributed by atoms with Crippen LogP contribution in [0.1, 0.15) is 48.8 Å². The van der Waals surface area contributed by atoms with Gasteiger partial charge in [0.25, 0.3) is 0 Å². The molecule has 3 heterocycles. The zero-order valence-electron chi connectivity index (χ0n) is 24.1. The summed E-state index contributed by atoms with van der Waals surface area (Å²) >= 11 is 6.13. The Kier molecular flexibility index (Phi) is 8.88. The second kappa shape index (κ2) is 12.9. The van der Waals surface area contributed by atoms with Gasteiger partial charge in [-0.25, -0.2) is 0 Å². The standard InChI is InChI=1S/C32H40ClN7O2/c33-27-10-8-24(9-11-27)20-29(36-30(41)28-21-25-6-2-3-7-26(25)22-34-28)31(42)38-16-18-39(19-17-38)32(12-4-1-5-13-32)23-40-15-14-35-37-40/h2-3,6-11,14-15,28-29,34H,1,4-5,12-13,16-23H2,(H,36,41). The van der Waals surface area contributed by atoms with Crippen molar-refractivity contribution in [1.82, 2.24) is 35.4 Å². The van der Waals surface area contributed by atoms with Gasteiger partial charge in [0.2, 0.25) is 11.8 Å². The summed E-state index contributed by atoms with van der Waals surface area (Å²) in [5.74, 6) is -0.160. The predicted molar refractivity (Wildman–Crippen MR) is 162 cm³/mol. The molecule has 6 rings (SSSR count). The van der Waals surface area contributed by atoms with Crippen molar-refractivity contribution in [2.24, 2.45) is 0 Å². The van der Waals surface area contributed by atoms with E-state index in [1.807, 2.05) is 52.2 Å². The van der Waals surface area contributed by atoms with E-state index in [0.29, 0.717) is 37.5 Å². The van der Waals surface area contributed by atoms with Crippen molar-refractivity contribution in [3.05, 3.63) is 82.6 Å². The summed E-state index contributed by atoms with van der Waals surface area (Å²) in [4.78, 5) is 32.1. The molecule has 3 aliphatic rings. The van der Waals surface area contributed by atoms with E-state index >= 15 is 0 Å². The number of nitrogens with one attached hydrogen (secondary N) is 2. The van der Waals surface area contributed by atoms with Gasteiger partial charge in [-0.15, -0.1) is 5.10 Å². The van der Waals surface area contributed by atoms with Crippen LogP contribution in [0.15, 0.2) is 60.9 Å². The lowest BCUT2D eigenvalue weighted by Gasteiger charge is -2.50. The van der Waals surface area contributed by atoms with E-state index in [-0.39, 0.29) is 23.4 Å². The summed E-state index contributed by atoms with van der Waals surface area (Å²) in [6.45, 7) is 4.36. The van der Waals surface area contributed by atoms with Crippen LogP contribution in [0.2, 0.25) is 5.02 Å². The summed E-state index contributed by atoms with van der Waals surface area (Å²) in [6.07, 6.45) is 10.7. The number of nitrogens with zero attached hydrogens (tertiary/aromatic N) is 5. The highest BCUT2D eigenvalue weighted by Gasteiger charge is 2.41. The first-order chi connectivity index (χ1) is 20.5. The highest BCUT2D eigenvalue weighted by molar-refractivity contribution is 6.30. The van der Waals surface area contributed by atoms with E-state index in [2.05, 4.69) is 38.0 Å². The molecule has 9 nitrogen and oxygen atoms in total. The molecule has 2 amide bonds. The molecule has 0 spiro atoms. The van der Waals surface area contributed by atoms with E-state index < -0.39 is 6.04 Å². The summed E-state index contributed by atoms with van der Waals surface area (Å²) < 4.78 is 1.96. The molecule has 2 fully saturated rings. The summed E-state index contributed by atoms with van der Waals surface area (Å²) in [5, 5.41) is 15.4. The Labute approximate surface area is 252 Å². The molecule has 1 saturated carbocycles. The second-order valence-corrected chi connectivity index (χ2v) is 12.4. The van der Waals surface area contributed by atoms with E-state index in [1.165, 1.54) is 30.4 Å². The lowest BCUT2D eigenvalue weighted by Crippen LogP contribution is -2.62. The topological polar surface area (TPSA) is 95.4 Å². The molecule has 42 heavy (non-hydrogen) atoms. The fraction of sp³-hybridized carbons (Fsp3) is 0.500. The number of rotatable bonds is 8. The highest BCUT2D eigenvalue weighted by Crippen LogP contribution is 2.36. The van der Waals surface area contributed by atoms with Crippen molar-refractivity contribution in [1.29, 1.82) is 0 Å². The molecule has 2 aliphatic heterocycles. The molecule has 1 saturated heterocycles. The van der Waals surface area contributed by atoms with Crippen molar-refractivity contribution in [3.8, 4) is 0 Å². The third kappa shape index (κ3) is 6.53. The molecular weight excluding hydrogens is 550 g/mol. The number of piperazine rings is 1. The lowest BCUT2D eigenvalue weighted by molar-refractivity contribution is -0.139. The van der Waals surface area contributed by atoms with Gasteiger partial charge in [-0.05, 0) is 48.1 Å². The number of carbonyl (C=O) groups is 2. The first kappa shape index (κ1) is 28.8. The van der Waals surface area contributed by atoms with E-state index in [4.69, 9.17) is 11.6 Å². The summed E-state index contributed by atoms with van der Waals surface area (Å²) in [6, 6.07) is 14.7. The van der Waals surface area contributed by atoms with Crippen molar-refractivity contribution < 1.29 is 9.59 Å². The quantitative estimate of drug-likeness (QED) is 0.419. The number of hydrogen-bond acceptors (Lipinski definition) is 6. The van der Waals surface area contributed by atoms with Crippen LogP contribution >= 0.6 is 11.6 Å². The molecule has 1 aliphatic carbocycles. The van der Waals surface area contributed by atoms with Crippen LogP contribution in [0.5, 0.6) is 0 Å². The van der Waals surface area contributed by atoms with Crippen molar-refractivity contribution in [2.45, 2.75) is 75.7 Å². The van der Waals surface area contributed by atoms with Crippen LogP contribution in [-0.4, -0.2) is 80.4 Å². The van der Waals surface area contributed by atoms with Gasteiger partial charge in [0, 0.05) is 55.9 Å². The Balaban J connectivity index is 1.14. The Morgan fingerprint density at radius 3 is 2.45 bits per heavy atom. The average molecular weight is 590 g/mol. The predicted octanol–water partition coefficient (Wildman–Crippen LogP) is 3.22. The van der Waals surface area contributed by atoms with E-state index in [0.717, 1.165) is 38.0 Å². The fourth-order valence-corrected chi connectivity index (χ4v) is 7.12. The minimum Gasteiger partial charge on any atom is -0.343 e. The number of amides is 2. The smallest absolute Gasteiger partial charge is 0.245 e. The molecule has 3 aromatic rings. The Bertz CT molecular complexity index is 1350. The number of halogens is 1. The normalized spacial score (nSPS) is 21.4. The monoisotopic (exact) mass is 589 g/mol. The molecule has 0 radical (unpaired) electrons. The molecule has 10 heteroatoms. The zero-order chi connectivity index (χ0) is 28.9. The summed E-state index contributed by atoms with van der Waals surface area (Å²) in [7, 11) is 0. The summed E-state index contributed by atoms with van der Waals surface area (Å²) in [5.41, 5.74) is 3.40. The van der Waals surface area contributed by atoms with Gasteiger partial charge in [-0.3, -0.25) is 19.2 Å². The lowest BCUT2D eigenvalue weighted by atomic mass is 9.79. The van der Waals surface area contributed by atoms with Gasteiger partial charge in [0.05, 0.1) is 18.8 Å². The Hall–Kier alpha value is -3.27. The van der Waals surface area contributed by atoms with Crippen molar-refractivity contribution in [3.63, 3.8) is 0 Å². The number of fused-ring (bicyclic) bond motifs is 1. The molecule has 2 atom stereocenters. The van der Waals surface area contributed by atoms with Crippen LogP contribution in [0, 0.1) is 0 Å². The molecule has 2 unspecified atom stereocenters. The number of hydrogen-bond donors (Lipinski definition) is 2. The van der Waals surface area contributed by atoms with Gasteiger partial charge in [0.15, 0.2) is 0 Å². The first-order valence-electron chi connectivity index (χ1n) is 15.2. The molecule has 1 aromatic heterocycles. The third-order valence-electron chi connectivity index (χ3n) is 9.34. The number of carbonyl (C=O) groups excluding carboxylic acids is 2. The average Bonchev–Trinajstić information content (AvgIpc) is 3.54. The number of benzene rings is 2. The van der Waals surface area contributed by atoms with Crippen LogP contribution < -0.4 is 10.6 Å². The minimum absolute atomic E-state index is 0.0249. The maximum absolute atomic E-state index is 14.0. The molecule has 2 N–H and O–H groups in total. The Morgan fingerprint density at radius 1 is 1.00 bits per heavy atom. The second-order valence-electron chi connectivity index (χ2n) is 12.0. The minimum atomic E-state index is -0.650. The highest BCUT2D eigenvalue weighted by atomic mass is 35.5. The van der Waals surface area contributed by atoms with Crippen LogP contribution in [0.4, 0.5) is 0 Å². The molecule has 222 valence electrons. The van der Waals surface area contributed by atoms with Crippen LogP contribution in [-0.2, 0) is 35.5 Å². The SMILES string of the molecule is O=C(NC(Cc1ccc(Cl)cc1)C(=O)N1CCN(C2(Cn3ccnn3)CCCCC2)CC1)C1Cc2ccccc2CN1.